The number of anilines is 1. The first-order valence-corrected chi connectivity index (χ1v) is 7.17. The second-order valence-corrected chi connectivity index (χ2v) is 5.51. The number of benzene rings is 1. The summed E-state index contributed by atoms with van der Waals surface area (Å²) in [4.78, 5) is 25.1. The molecule has 1 heterocycles. The van der Waals surface area contributed by atoms with Gasteiger partial charge >= 0.3 is 6.18 Å². The van der Waals surface area contributed by atoms with Crippen molar-refractivity contribution < 1.29 is 22.8 Å². The van der Waals surface area contributed by atoms with Crippen molar-refractivity contribution in [3.63, 3.8) is 0 Å². The van der Waals surface area contributed by atoms with E-state index >= 15 is 0 Å². The standard InChI is InChI=1S/C15H14ClF3N2O2/c1-2-5-20-14(23)9-6-13(22)21(8-9)12-7-10(15(17,18)19)3-4-11(12)16/h2-4,7,9H,1,5-6,8H2,(H,20,23). The number of hydrogen-bond donors (Lipinski definition) is 1. The topological polar surface area (TPSA) is 49.4 Å². The van der Waals surface area contributed by atoms with Gasteiger partial charge in [0.1, 0.15) is 0 Å². The fourth-order valence-corrected chi connectivity index (χ4v) is 2.55. The minimum atomic E-state index is -4.54. The first-order valence-electron chi connectivity index (χ1n) is 6.79. The van der Waals surface area contributed by atoms with E-state index in [4.69, 9.17) is 11.6 Å². The van der Waals surface area contributed by atoms with E-state index in [-0.39, 0.29) is 36.1 Å². The summed E-state index contributed by atoms with van der Waals surface area (Å²) in [6.07, 6.45) is -3.12. The Morgan fingerprint density at radius 1 is 1.48 bits per heavy atom. The van der Waals surface area contributed by atoms with Gasteiger partial charge in [-0.25, -0.2) is 0 Å². The second-order valence-electron chi connectivity index (χ2n) is 5.10. The highest BCUT2D eigenvalue weighted by atomic mass is 35.5. The van der Waals surface area contributed by atoms with E-state index in [1.807, 2.05) is 0 Å². The molecule has 1 N–H and O–H groups in total. The maximum absolute atomic E-state index is 12.8. The minimum absolute atomic E-state index is 0.0111. The SMILES string of the molecule is C=CCNC(=O)C1CC(=O)N(c2cc(C(F)(F)F)ccc2Cl)C1. The lowest BCUT2D eigenvalue weighted by atomic mass is 10.1. The lowest BCUT2D eigenvalue weighted by molar-refractivity contribution is -0.137. The third-order valence-electron chi connectivity index (χ3n) is 3.48. The number of hydrogen-bond acceptors (Lipinski definition) is 2. The number of nitrogens with zero attached hydrogens (tertiary/aromatic N) is 1. The number of alkyl halides is 3. The summed E-state index contributed by atoms with van der Waals surface area (Å²) in [7, 11) is 0. The number of halogens is 4. The van der Waals surface area contributed by atoms with E-state index in [1.165, 1.54) is 6.08 Å². The predicted molar refractivity (Wildman–Crippen MR) is 80.1 cm³/mol. The molecule has 8 heteroatoms. The molecule has 0 bridgehead atoms. The molecule has 1 atom stereocenters. The van der Waals surface area contributed by atoms with Crippen LogP contribution >= 0.6 is 11.6 Å². The minimum Gasteiger partial charge on any atom is -0.352 e. The summed E-state index contributed by atoms with van der Waals surface area (Å²) >= 11 is 5.93. The van der Waals surface area contributed by atoms with Crippen molar-refractivity contribution in [3.8, 4) is 0 Å². The van der Waals surface area contributed by atoms with Crippen molar-refractivity contribution in [2.75, 3.05) is 18.0 Å². The molecule has 4 nitrogen and oxygen atoms in total. The van der Waals surface area contributed by atoms with Gasteiger partial charge in [-0.15, -0.1) is 6.58 Å². The molecular weight excluding hydrogens is 333 g/mol. The highest BCUT2D eigenvalue weighted by Gasteiger charge is 2.37. The lowest BCUT2D eigenvalue weighted by Gasteiger charge is -2.19. The number of carbonyl (C=O) groups is 2. The average molecular weight is 347 g/mol. The van der Waals surface area contributed by atoms with Gasteiger partial charge in [0.15, 0.2) is 0 Å². The van der Waals surface area contributed by atoms with Crippen LogP contribution in [0.1, 0.15) is 12.0 Å². The molecule has 1 fully saturated rings. The van der Waals surface area contributed by atoms with Crippen molar-refractivity contribution in [1.82, 2.24) is 5.32 Å². The third-order valence-corrected chi connectivity index (χ3v) is 3.80. The zero-order chi connectivity index (χ0) is 17.2. The molecule has 1 saturated heterocycles. The van der Waals surface area contributed by atoms with Gasteiger partial charge in [0.25, 0.3) is 0 Å². The van der Waals surface area contributed by atoms with Crippen molar-refractivity contribution in [2.45, 2.75) is 12.6 Å². The summed E-state index contributed by atoms with van der Waals surface area (Å²) in [5.41, 5.74) is -0.935. The van der Waals surface area contributed by atoms with Crippen molar-refractivity contribution in [2.24, 2.45) is 5.92 Å². The number of amides is 2. The maximum Gasteiger partial charge on any atom is 0.416 e. The molecule has 0 aromatic heterocycles. The van der Waals surface area contributed by atoms with Crippen molar-refractivity contribution >= 4 is 29.1 Å². The molecule has 0 radical (unpaired) electrons. The fraction of sp³-hybridized carbons (Fsp3) is 0.333. The quantitative estimate of drug-likeness (QED) is 0.852. The Morgan fingerprint density at radius 2 is 2.17 bits per heavy atom. The number of rotatable bonds is 4. The summed E-state index contributed by atoms with van der Waals surface area (Å²) in [6, 6.07) is 2.77. The van der Waals surface area contributed by atoms with Crippen molar-refractivity contribution in [3.05, 3.63) is 41.4 Å². The molecule has 1 aliphatic rings. The smallest absolute Gasteiger partial charge is 0.352 e. The Hall–Kier alpha value is -2.02. The van der Waals surface area contributed by atoms with Gasteiger partial charge in [0.05, 0.1) is 22.2 Å². The molecular formula is C15H14ClF3N2O2. The maximum atomic E-state index is 12.8. The van der Waals surface area contributed by atoms with E-state index in [0.717, 1.165) is 23.1 Å². The normalized spacial score (nSPS) is 18.2. The molecule has 23 heavy (non-hydrogen) atoms. The molecule has 124 valence electrons. The Morgan fingerprint density at radius 3 is 2.78 bits per heavy atom. The zero-order valence-corrected chi connectivity index (χ0v) is 12.7. The van der Waals surface area contributed by atoms with Crippen LogP contribution in [0.4, 0.5) is 18.9 Å². The number of carbonyl (C=O) groups excluding carboxylic acids is 2. The molecule has 0 aliphatic carbocycles. The van der Waals surface area contributed by atoms with Crippen LogP contribution in [-0.2, 0) is 15.8 Å². The van der Waals surface area contributed by atoms with Crippen LogP contribution in [0.3, 0.4) is 0 Å². The van der Waals surface area contributed by atoms with Gasteiger partial charge in [-0.2, -0.15) is 13.2 Å². The molecule has 1 aliphatic heterocycles. The van der Waals surface area contributed by atoms with E-state index in [9.17, 15) is 22.8 Å². The van der Waals surface area contributed by atoms with E-state index < -0.39 is 23.6 Å². The predicted octanol–water partition coefficient (Wildman–Crippen LogP) is 3.01. The van der Waals surface area contributed by atoms with E-state index in [2.05, 4.69) is 11.9 Å². The van der Waals surface area contributed by atoms with Gasteiger partial charge in [-0.1, -0.05) is 17.7 Å². The molecule has 0 spiro atoms. The molecule has 2 rings (SSSR count). The van der Waals surface area contributed by atoms with Gasteiger partial charge in [0, 0.05) is 19.5 Å². The van der Waals surface area contributed by atoms with Gasteiger partial charge in [0.2, 0.25) is 11.8 Å². The van der Waals surface area contributed by atoms with Crippen LogP contribution in [-0.4, -0.2) is 24.9 Å². The molecule has 1 aromatic carbocycles. The van der Waals surface area contributed by atoms with Crippen LogP contribution in [0, 0.1) is 5.92 Å². The van der Waals surface area contributed by atoms with E-state index in [0.29, 0.717) is 0 Å². The molecule has 1 aromatic rings. The van der Waals surface area contributed by atoms with E-state index in [1.54, 1.807) is 0 Å². The first-order chi connectivity index (χ1) is 10.7. The summed E-state index contributed by atoms with van der Waals surface area (Å²) in [5, 5.41) is 2.59. The summed E-state index contributed by atoms with van der Waals surface area (Å²) in [5.74, 6) is -1.41. The Labute approximate surface area is 135 Å². The first kappa shape index (κ1) is 17.3. The summed E-state index contributed by atoms with van der Waals surface area (Å²) in [6.45, 7) is 3.71. The Bertz CT molecular complexity index is 646. The Balaban J connectivity index is 2.24. The second kappa shape index (κ2) is 6.62. The summed E-state index contributed by atoms with van der Waals surface area (Å²) < 4.78 is 38.4. The van der Waals surface area contributed by atoms with Gasteiger partial charge in [-0.3, -0.25) is 9.59 Å². The third kappa shape index (κ3) is 3.85. The van der Waals surface area contributed by atoms with Gasteiger partial charge < -0.3 is 10.2 Å². The van der Waals surface area contributed by atoms with Crippen LogP contribution in [0.25, 0.3) is 0 Å². The van der Waals surface area contributed by atoms with Crippen LogP contribution < -0.4 is 10.2 Å². The monoisotopic (exact) mass is 346 g/mol. The molecule has 1 unspecified atom stereocenters. The van der Waals surface area contributed by atoms with Crippen LogP contribution in [0.5, 0.6) is 0 Å². The highest BCUT2D eigenvalue weighted by molar-refractivity contribution is 6.34. The molecule has 2 amide bonds. The van der Waals surface area contributed by atoms with Crippen LogP contribution in [0.2, 0.25) is 5.02 Å². The highest BCUT2D eigenvalue weighted by Crippen LogP contribution is 2.37. The van der Waals surface area contributed by atoms with Crippen molar-refractivity contribution in [1.29, 1.82) is 0 Å². The van der Waals surface area contributed by atoms with Crippen LogP contribution in [0.15, 0.2) is 30.9 Å². The largest absolute Gasteiger partial charge is 0.416 e. The fourth-order valence-electron chi connectivity index (χ4n) is 2.33. The number of nitrogens with one attached hydrogen (secondary N) is 1. The lowest BCUT2D eigenvalue weighted by Crippen LogP contribution is -2.33. The average Bonchev–Trinajstić information content (AvgIpc) is 2.86. The Kier molecular flexibility index (Phi) is 4.99. The zero-order valence-electron chi connectivity index (χ0n) is 12.0. The molecule has 0 saturated carbocycles. The van der Waals surface area contributed by atoms with Gasteiger partial charge in [-0.05, 0) is 18.2 Å².